The van der Waals surface area contributed by atoms with Crippen LogP contribution in [-0.2, 0) is 11.3 Å². The highest BCUT2D eigenvalue weighted by Crippen LogP contribution is 2.36. The highest BCUT2D eigenvalue weighted by Gasteiger charge is 2.37. The zero-order valence-electron chi connectivity index (χ0n) is 14.3. The largest absolute Gasteiger partial charge is 0.341 e. The summed E-state index contributed by atoms with van der Waals surface area (Å²) in [5, 5.41) is 9.47. The summed E-state index contributed by atoms with van der Waals surface area (Å²) in [6.45, 7) is 4.17. The summed E-state index contributed by atoms with van der Waals surface area (Å²) in [4.78, 5) is 26.0. The summed E-state index contributed by atoms with van der Waals surface area (Å²) in [6.07, 6.45) is 3.31. The SMILES string of the molecule is O=C(NCC(=O)N1CCC2(CCNC2)CC1)NCc1ccc(Cl)cc1. The van der Waals surface area contributed by atoms with Crippen LogP contribution in [-0.4, -0.2) is 49.6 Å². The molecule has 3 amide bonds. The summed E-state index contributed by atoms with van der Waals surface area (Å²) in [7, 11) is 0. The Labute approximate surface area is 153 Å². The second kappa shape index (κ2) is 8.06. The number of carbonyl (C=O) groups excluding carboxylic acids is 2. The van der Waals surface area contributed by atoms with Gasteiger partial charge in [0.25, 0.3) is 0 Å². The van der Waals surface area contributed by atoms with E-state index in [4.69, 9.17) is 11.6 Å². The molecule has 2 aliphatic rings. The molecule has 25 heavy (non-hydrogen) atoms. The van der Waals surface area contributed by atoms with Crippen molar-refractivity contribution in [1.29, 1.82) is 0 Å². The van der Waals surface area contributed by atoms with Crippen LogP contribution in [0.5, 0.6) is 0 Å². The lowest BCUT2D eigenvalue weighted by atomic mass is 9.78. The lowest BCUT2D eigenvalue weighted by Crippen LogP contribution is -2.48. The Morgan fingerprint density at radius 3 is 2.48 bits per heavy atom. The minimum atomic E-state index is -0.336. The van der Waals surface area contributed by atoms with Crippen molar-refractivity contribution in [1.82, 2.24) is 20.9 Å². The number of urea groups is 1. The molecule has 1 aromatic carbocycles. The number of rotatable bonds is 4. The average molecular weight is 365 g/mol. The average Bonchev–Trinajstić information content (AvgIpc) is 3.08. The molecule has 0 aliphatic carbocycles. The van der Waals surface area contributed by atoms with Crippen molar-refractivity contribution >= 4 is 23.5 Å². The first kappa shape index (κ1) is 18.0. The van der Waals surface area contributed by atoms with Crippen LogP contribution >= 0.6 is 11.6 Å². The van der Waals surface area contributed by atoms with Crippen molar-refractivity contribution in [2.45, 2.75) is 25.8 Å². The Morgan fingerprint density at radius 2 is 1.84 bits per heavy atom. The van der Waals surface area contributed by atoms with Gasteiger partial charge in [-0.15, -0.1) is 0 Å². The van der Waals surface area contributed by atoms with Gasteiger partial charge in [0.1, 0.15) is 0 Å². The highest BCUT2D eigenvalue weighted by molar-refractivity contribution is 6.30. The number of nitrogens with one attached hydrogen (secondary N) is 3. The lowest BCUT2D eigenvalue weighted by Gasteiger charge is -2.38. The van der Waals surface area contributed by atoms with Gasteiger partial charge in [0, 0.05) is 31.2 Å². The molecule has 136 valence electrons. The molecule has 0 aromatic heterocycles. The van der Waals surface area contributed by atoms with Crippen LogP contribution in [0.25, 0.3) is 0 Å². The molecule has 6 nitrogen and oxygen atoms in total. The van der Waals surface area contributed by atoms with E-state index in [-0.39, 0.29) is 18.5 Å². The predicted molar refractivity (Wildman–Crippen MR) is 97.4 cm³/mol. The van der Waals surface area contributed by atoms with Crippen LogP contribution in [0.1, 0.15) is 24.8 Å². The van der Waals surface area contributed by atoms with Gasteiger partial charge in [-0.3, -0.25) is 4.79 Å². The van der Waals surface area contributed by atoms with Gasteiger partial charge in [0.05, 0.1) is 6.54 Å². The number of hydrogen-bond acceptors (Lipinski definition) is 3. The molecule has 0 bridgehead atoms. The highest BCUT2D eigenvalue weighted by atomic mass is 35.5. The fourth-order valence-corrected chi connectivity index (χ4v) is 3.69. The van der Waals surface area contributed by atoms with Crippen LogP contribution in [0.2, 0.25) is 5.02 Å². The first-order valence-electron chi connectivity index (χ1n) is 8.81. The Hall–Kier alpha value is -1.79. The van der Waals surface area contributed by atoms with E-state index in [0.29, 0.717) is 17.0 Å². The monoisotopic (exact) mass is 364 g/mol. The maximum absolute atomic E-state index is 12.3. The van der Waals surface area contributed by atoms with Crippen molar-refractivity contribution in [2.24, 2.45) is 5.41 Å². The van der Waals surface area contributed by atoms with Gasteiger partial charge in [-0.25, -0.2) is 4.79 Å². The molecule has 3 rings (SSSR count). The van der Waals surface area contributed by atoms with Crippen LogP contribution in [0.3, 0.4) is 0 Å². The Bertz CT molecular complexity index is 604. The first-order valence-corrected chi connectivity index (χ1v) is 9.19. The van der Waals surface area contributed by atoms with Gasteiger partial charge in [-0.1, -0.05) is 23.7 Å². The maximum atomic E-state index is 12.3. The Morgan fingerprint density at radius 1 is 1.12 bits per heavy atom. The quantitative estimate of drug-likeness (QED) is 0.762. The number of piperidine rings is 1. The van der Waals surface area contributed by atoms with Crippen molar-refractivity contribution < 1.29 is 9.59 Å². The molecule has 3 N–H and O–H groups in total. The third-order valence-corrected chi connectivity index (χ3v) is 5.53. The minimum Gasteiger partial charge on any atom is -0.341 e. The van der Waals surface area contributed by atoms with Gasteiger partial charge in [0.15, 0.2) is 0 Å². The van der Waals surface area contributed by atoms with Crippen LogP contribution in [0.4, 0.5) is 4.79 Å². The molecule has 2 saturated heterocycles. The number of amides is 3. The second-order valence-corrected chi connectivity index (χ2v) is 7.41. The van der Waals surface area contributed by atoms with E-state index >= 15 is 0 Å². The maximum Gasteiger partial charge on any atom is 0.315 e. The fourth-order valence-electron chi connectivity index (χ4n) is 3.57. The van der Waals surface area contributed by atoms with E-state index in [1.165, 1.54) is 6.42 Å². The molecule has 0 saturated carbocycles. The topological polar surface area (TPSA) is 73.5 Å². The summed E-state index contributed by atoms with van der Waals surface area (Å²) in [5.41, 5.74) is 1.34. The van der Waals surface area contributed by atoms with Crippen molar-refractivity contribution in [3.63, 3.8) is 0 Å². The predicted octanol–water partition coefficient (Wildman–Crippen LogP) is 1.74. The molecule has 0 unspecified atom stereocenters. The van der Waals surface area contributed by atoms with Crippen molar-refractivity contribution in [2.75, 3.05) is 32.7 Å². The summed E-state index contributed by atoms with van der Waals surface area (Å²) in [6, 6.07) is 6.94. The molecule has 2 heterocycles. The number of benzene rings is 1. The molecular weight excluding hydrogens is 340 g/mol. The van der Waals surface area contributed by atoms with E-state index < -0.39 is 0 Å². The third-order valence-electron chi connectivity index (χ3n) is 5.28. The first-order chi connectivity index (χ1) is 12.1. The van der Waals surface area contributed by atoms with Crippen LogP contribution in [0, 0.1) is 5.41 Å². The summed E-state index contributed by atoms with van der Waals surface area (Å²) in [5.74, 6) is -0.0116. The number of hydrogen-bond donors (Lipinski definition) is 3. The van der Waals surface area contributed by atoms with E-state index in [1.807, 2.05) is 17.0 Å². The standard InChI is InChI=1S/C18H25ClN4O2/c19-15-3-1-14(2-4-15)11-21-17(25)22-12-16(24)23-9-6-18(7-10-23)5-8-20-13-18/h1-4,20H,5-13H2,(H2,21,22,25). The molecule has 2 aliphatic heterocycles. The van der Waals surface area contributed by atoms with Crippen LogP contribution in [0.15, 0.2) is 24.3 Å². The number of halogens is 1. The minimum absolute atomic E-state index is 0.0116. The molecule has 7 heteroatoms. The lowest BCUT2D eigenvalue weighted by molar-refractivity contribution is -0.132. The van der Waals surface area contributed by atoms with Crippen LogP contribution < -0.4 is 16.0 Å². The molecule has 1 spiro atoms. The van der Waals surface area contributed by atoms with E-state index in [9.17, 15) is 9.59 Å². The van der Waals surface area contributed by atoms with E-state index in [0.717, 1.165) is 44.6 Å². The zero-order chi connectivity index (χ0) is 17.7. The molecular formula is C18H25ClN4O2. The number of carbonyl (C=O) groups is 2. The van der Waals surface area contributed by atoms with Gasteiger partial charge < -0.3 is 20.9 Å². The van der Waals surface area contributed by atoms with Gasteiger partial charge in [-0.05, 0) is 48.9 Å². The third kappa shape index (κ3) is 4.86. The molecule has 0 radical (unpaired) electrons. The van der Waals surface area contributed by atoms with Gasteiger partial charge in [0.2, 0.25) is 5.91 Å². The summed E-state index contributed by atoms with van der Waals surface area (Å²) >= 11 is 5.83. The van der Waals surface area contributed by atoms with Crippen molar-refractivity contribution in [3.8, 4) is 0 Å². The van der Waals surface area contributed by atoms with E-state index in [2.05, 4.69) is 16.0 Å². The smallest absolute Gasteiger partial charge is 0.315 e. The summed E-state index contributed by atoms with van der Waals surface area (Å²) < 4.78 is 0. The number of likely N-dealkylation sites (tertiary alicyclic amines) is 1. The van der Waals surface area contributed by atoms with E-state index in [1.54, 1.807) is 12.1 Å². The number of nitrogens with zero attached hydrogens (tertiary/aromatic N) is 1. The molecule has 2 fully saturated rings. The Kier molecular flexibility index (Phi) is 5.81. The fraction of sp³-hybridized carbons (Fsp3) is 0.556. The Balaban J connectivity index is 1.35. The van der Waals surface area contributed by atoms with Gasteiger partial charge >= 0.3 is 6.03 Å². The molecule has 1 aromatic rings. The van der Waals surface area contributed by atoms with Gasteiger partial charge in [-0.2, -0.15) is 0 Å². The zero-order valence-corrected chi connectivity index (χ0v) is 15.1. The normalized spacial score (nSPS) is 19.0. The van der Waals surface area contributed by atoms with Crippen molar-refractivity contribution in [3.05, 3.63) is 34.9 Å². The molecule has 0 atom stereocenters. The second-order valence-electron chi connectivity index (χ2n) is 6.97.